The van der Waals surface area contributed by atoms with Crippen LogP contribution in [0.25, 0.3) is 0 Å². The summed E-state index contributed by atoms with van der Waals surface area (Å²) in [6.07, 6.45) is 3.05. The number of nitrogens with zero attached hydrogens (tertiary/aromatic N) is 2. The molecule has 0 unspecified atom stereocenters. The van der Waals surface area contributed by atoms with Crippen molar-refractivity contribution >= 4 is 23.6 Å². The first-order chi connectivity index (χ1) is 8.72. The Labute approximate surface area is 111 Å². The summed E-state index contributed by atoms with van der Waals surface area (Å²) in [5, 5.41) is 6.70. The van der Waals surface area contributed by atoms with E-state index in [0.29, 0.717) is 13.0 Å². The van der Waals surface area contributed by atoms with E-state index in [0.717, 1.165) is 23.7 Å². The van der Waals surface area contributed by atoms with Crippen LogP contribution in [0.15, 0.2) is 17.3 Å². The van der Waals surface area contributed by atoms with E-state index in [9.17, 15) is 4.79 Å². The first-order valence-electron chi connectivity index (χ1n) is 5.85. The average Bonchev–Trinajstić information content (AvgIpc) is 2.35. The van der Waals surface area contributed by atoms with Crippen LogP contribution >= 0.6 is 11.8 Å². The highest BCUT2D eigenvalue weighted by Crippen LogP contribution is 2.13. The Bertz CT molecular complexity index is 374. The molecular formula is C11H19N5OS. The van der Waals surface area contributed by atoms with Crippen molar-refractivity contribution in [3.63, 3.8) is 0 Å². The van der Waals surface area contributed by atoms with Crippen molar-refractivity contribution < 1.29 is 4.79 Å². The number of hydrogen-bond acceptors (Lipinski definition) is 6. The highest BCUT2D eigenvalue weighted by Gasteiger charge is 2.01. The van der Waals surface area contributed by atoms with Crippen LogP contribution in [0, 0.1) is 0 Å². The second-order valence-electron chi connectivity index (χ2n) is 3.66. The molecule has 1 heterocycles. The number of nitrogens with two attached hydrogens (primary N) is 1. The van der Waals surface area contributed by atoms with Crippen LogP contribution in [0.5, 0.6) is 0 Å². The molecule has 100 valence electrons. The van der Waals surface area contributed by atoms with Gasteiger partial charge in [0.15, 0.2) is 0 Å². The van der Waals surface area contributed by atoms with Crippen LogP contribution < -0.4 is 16.4 Å². The van der Waals surface area contributed by atoms with E-state index in [-0.39, 0.29) is 11.9 Å². The molecule has 0 aromatic carbocycles. The second kappa shape index (κ2) is 8.71. The molecule has 0 aliphatic heterocycles. The Morgan fingerprint density at radius 3 is 3.06 bits per heavy atom. The predicted octanol–water partition coefficient (Wildman–Crippen LogP) is 0.267. The molecule has 1 rings (SSSR count). The number of rotatable bonds is 8. The number of carbonyl (C=O) groups excluding carboxylic acids is 1. The Kier molecular flexibility index (Phi) is 7.12. The smallest absolute Gasteiger partial charge is 0.221 e. The molecule has 1 aromatic rings. The summed E-state index contributed by atoms with van der Waals surface area (Å²) in [5.74, 6) is 1.14. The third-order valence-electron chi connectivity index (χ3n) is 2.15. The number of nitrogens with one attached hydrogen (secondary N) is 2. The van der Waals surface area contributed by atoms with Crippen molar-refractivity contribution in [2.45, 2.75) is 17.9 Å². The van der Waals surface area contributed by atoms with Crippen molar-refractivity contribution in [2.24, 2.45) is 0 Å². The zero-order valence-electron chi connectivity index (χ0n) is 10.5. The summed E-state index contributed by atoms with van der Waals surface area (Å²) in [5.41, 5.74) is 5.47. The quantitative estimate of drug-likeness (QED) is 0.356. The maximum atomic E-state index is 11.4. The molecule has 1 amide bonds. The molecule has 0 aliphatic carbocycles. The fourth-order valence-electron chi connectivity index (χ4n) is 1.30. The minimum atomic E-state index is 0.0908. The second-order valence-corrected chi connectivity index (χ2v) is 4.77. The average molecular weight is 269 g/mol. The Hall–Kier alpha value is -1.34. The zero-order chi connectivity index (χ0) is 13.2. The lowest BCUT2D eigenvalue weighted by Crippen LogP contribution is -2.26. The van der Waals surface area contributed by atoms with E-state index in [1.54, 1.807) is 24.0 Å². The maximum absolute atomic E-state index is 11.4. The van der Waals surface area contributed by atoms with Crippen molar-refractivity contribution in [1.29, 1.82) is 0 Å². The largest absolute Gasteiger partial charge is 0.368 e. The SMILES string of the molecule is CNCCCC(=O)NCCSc1ccnc(N)n1. The topological polar surface area (TPSA) is 92.9 Å². The molecule has 7 heteroatoms. The molecule has 0 radical (unpaired) electrons. The molecule has 6 nitrogen and oxygen atoms in total. The molecule has 0 atom stereocenters. The lowest BCUT2D eigenvalue weighted by Gasteiger charge is -2.05. The lowest BCUT2D eigenvalue weighted by molar-refractivity contribution is -0.121. The van der Waals surface area contributed by atoms with Crippen molar-refractivity contribution in [2.75, 3.05) is 31.6 Å². The number of amides is 1. The van der Waals surface area contributed by atoms with Gasteiger partial charge in [-0.25, -0.2) is 9.97 Å². The fraction of sp³-hybridized carbons (Fsp3) is 0.545. The maximum Gasteiger partial charge on any atom is 0.221 e. The van der Waals surface area contributed by atoms with Gasteiger partial charge in [-0.2, -0.15) is 0 Å². The van der Waals surface area contributed by atoms with Gasteiger partial charge in [-0.15, -0.1) is 11.8 Å². The van der Waals surface area contributed by atoms with Gasteiger partial charge in [0.1, 0.15) is 5.03 Å². The van der Waals surface area contributed by atoms with Crippen molar-refractivity contribution in [3.8, 4) is 0 Å². The van der Waals surface area contributed by atoms with Crippen LogP contribution in [0.1, 0.15) is 12.8 Å². The Balaban J connectivity index is 2.09. The Morgan fingerprint density at radius 1 is 1.50 bits per heavy atom. The lowest BCUT2D eigenvalue weighted by atomic mass is 10.3. The van der Waals surface area contributed by atoms with E-state index in [1.165, 1.54) is 0 Å². The highest BCUT2D eigenvalue weighted by molar-refractivity contribution is 7.99. The number of nitrogen functional groups attached to an aromatic ring is 1. The van der Waals surface area contributed by atoms with Gasteiger partial charge >= 0.3 is 0 Å². The van der Waals surface area contributed by atoms with Crippen LogP contribution in [0.3, 0.4) is 0 Å². The predicted molar refractivity (Wildman–Crippen MR) is 73.3 cm³/mol. The van der Waals surface area contributed by atoms with Gasteiger partial charge in [0.25, 0.3) is 0 Å². The molecule has 18 heavy (non-hydrogen) atoms. The fourth-order valence-corrected chi connectivity index (χ4v) is 2.03. The molecule has 0 bridgehead atoms. The van der Waals surface area contributed by atoms with E-state index < -0.39 is 0 Å². The van der Waals surface area contributed by atoms with E-state index in [2.05, 4.69) is 20.6 Å². The number of anilines is 1. The minimum absolute atomic E-state index is 0.0908. The summed E-state index contributed by atoms with van der Waals surface area (Å²) < 4.78 is 0. The van der Waals surface area contributed by atoms with Crippen LogP contribution in [0.2, 0.25) is 0 Å². The summed E-state index contributed by atoms with van der Waals surface area (Å²) in [6, 6.07) is 1.80. The third kappa shape index (κ3) is 6.41. The standard InChI is InChI=1S/C11H19N5OS/c1-13-5-2-3-9(17)14-7-8-18-10-4-6-15-11(12)16-10/h4,6,13H,2-3,5,7-8H2,1H3,(H,14,17)(H2,12,15,16). The normalized spacial score (nSPS) is 10.3. The number of hydrogen-bond donors (Lipinski definition) is 3. The summed E-state index contributed by atoms with van der Waals surface area (Å²) in [7, 11) is 1.88. The van der Waals surface area contributed by atoms with Gasteiger partial charge < -0.3 is 16.4 Å². The minimum Gasteiger partial charge on any atom is -0.368 e. The molecular weight excluding hydrogens is 250 g/mol. The number of carbonyl (C=O) groups is 1. The third-order valence-corrected chi connectivity index (χ3v) is 3.08. The molecule has 4 N–H and O–H groups in total. The molecule has 0 saturated carbocycles. The first kappa shape index (κ1) is 14.7. The van der Waals surface area contributed by atoms with Gasteiger partial charge in [-0.05, 0) is 26.1 Å². The molecule has 0 fully saturated rings. The van der Waals surface area contributed by atoms with Crippen LogP contribution in [0.4, 0.5) is 5.95 Å². The summed E-state index contributed by atoms with van der Waals surface area (Å²) in [4.78, 5) is 19.3. The van der Waals surface area contributed by atoms with Gasteiger partial charge in [0.05, 0.1) is 0 Å². The number of thioether (sulfide) groups is 1. The van der Waals surface area contributed by atoms with Crippen LogP contribution in [-0.2, 0) is 4.79 Å². The van der Waals surface area contributed by atoms with E-state index in [1.807, 2.05) is 7.05 Å². The van der Waals surface area contributed by atoms with Gasteiger partial charge in [0.2, 0.25) is 11.9 Å². The molecule has 0 saturated heterocycles. The van der Waals surface area contributed by atoms with Crippen molar-refractivity contribution in [1.82, 2.24) is 20.6 Å². The van der Waals surface area contributed by atoms with Gasteiger partial charge in [-0.1, -0.05) is 0 Å². The van der Waals surface area contributed by atoms with Gasteiger partial charge in [-0.3, -0.25) is 4.79 Å². The van der Waals surface area contributed by atoms with E-state index >= 15 is 0 Å². The molecule has 0 aliphatic rings. The number of aromatic nitrogens is 2. The van der Waals surface area contributed by atoms with Gasteiger partial charge in [0, 0.05) is 24.9 Å². The Morgan fingerprint density at radius 2 is 2.33 bits per heavy atom. The first-order valence-corrected chi connectivity index (χ1v) is 6.83. The van der Waals surface area contributed by atoms with Crippen molar-refractivity contribution in [3.05, 3.63) is 12.3 Å². The monoisotopic (exact) mass is 269 g/mol. The summed E-state index contributed by atoms with van der Waals surface area (Å²) in [6.45, 7) is 1.50. The van der Waals surface area contributed by atoms with E-state index in [4.69, 9.17) is 5.73 Å². The molecule has 0 spiro atoms. The highest BCUT2D eigenvalue weighted by atomic mass is 32.2. The summed E-state index contributed by atoms with van der Waals surface area (Å²) >= 11 is 1.55. The molecule has 1 aromatic heterocycles. The van der Waals surface area contributed by atoms with Crippen LogP contribution in [-0.4, -0.2) is 41.8 Å². The zero-order valence-corrected chi connectivity index (χ0v) is 11.3.